The Kier molecular flexibility index (Phi) is 9.55. The van der Waals surface area contributed by atoms with Crippen molar-refractivity contribution in [2.45, 2.75) is 19.8 Å². The van der Waals surface area contributed by atoms with Gasteiger partial charge in [0.15, 0.2) is 0 Å². The van der Waals surface area contributed by atoms with Crippen LogP contribution in [0.15, 0.2) is 91.0 Å². The number of rotatable bonds is 11. The summed E-state index contributed by atoms with van der Waals surface area (Å²) in [6.07, 6.45) is 0. The first kappa shape index (κ1) is 24.1. The Morgan fingerprint density at radius 1 is 0.567 bits per heavy atom. The Bertz CT molecular complexity index is 951. The van der Waals surface area contributed by atoms with Crippen molar-refractivity contribution in [1.29, 1.82) is 0 Å². The molecule has 0 saturated heterocycles. The summed E-state index contributed by atoms with van der Waals surface area (Å²) < 4.78 is 19.1. The first-order valence-corrected chi connectivity index (χ1v) is 18.2. The quantitative estimate of drug-likeness (QED) is 0.204. The van der Waals surface area contributed by atoms with Gasteiger partial charge in [-0.3, -0.25) is 0 Å². The van der Waals surface area contributed by atoms with Crippen molar-refractivity contribution in [2.75, 3.05) is 12.6 Å². The predicted octanol–water partition coefficient (Wildman–Crippen LogP) is 6.17. The van der Waals surface area contributed by atoms with Gasteiger partial charge in [0.2, 0.25) is 0 Å². The first-order valence-electron chi connectivity index (χ1n) is 9.65. The molecule has 3 aromatic rings. The molecule has 0 saturated carbocycles. The normalized spacial score (nSPS) is 13.6. The number of hydrogen-bond acceptors (Lipinski definition) is 3. The maximum atomic E-state index is 6.39. The van der Waals surface area contributed by atoms with Crippen LogP contribution in [0.5, 0.6) is 0 Å². The second kappa shape index (κ2) is 11.9. The summed E-state index contributed by atoms with van der Waals surface area (Å²) in [4.78, 5) is 0. The molecule has 0 amide bonds. The van der Waals surface area contributed by atoms with Crippen LogP contribution in [-0.4, -0.2) is 42.8 Å². The SMILES string of the molecule is CP(=[Se])(CP(=[Se])(OCc1ccccc1)OCc1ccccc1)OCc1ccccc1. The molecular weight excluding hydrogens is 544 g/mol. The fourth-order valence-electron chi connectivity index (χ4n) is 2.75. The van der Waals surface area contributed by atoms with Gasteiger partial charge in [0.1, 0.15) is 0 Å². The summed E-state index contributed by atoms with van der Waals surface area (Å²) in [7, 11) is 0. The van der Waals surface area contributed by atoms with Gasteiger partial charge in [-0.2, -0.15) is 0 Å². The molecule has 0 spiro atoms. The Morgan fingerprint density at radius 3 is 1.27 bits per heavy atom. The van der Waals surface area contributed by atoms with Gasteiger partial charge in [0.25, 0.3) is 0 Å². The molecule has 0 aliphatic carbocycles. The fourth-order valence-corrected chi connectivity index (χ4v) is 18.8. The van der Waals surface area contributed by atoms with Gasteiger partial charge in [-0.05, 0) is 0 Å². The van der Waals surface area contributed by atoms with E-state index >= 15 is 0 Å². The van der Waals surface area contributed by atoms with E-state index in [4.69, 9.17) is 13.6 Å². The first-order chi connectivity index (χ1) is 14.4. The summed E-state index contributed by atoms with van der Waals surface area (Å²) in [6, 6.07) is 30.6. The molecule has 0 fully saturated rings. The Hall–Kier alpha value is -0.561. The van der Waals surface area contributed by atoms with Gasteiger partial charge >= 0.3 is 196 Å². The zero-order chi connectivity index (χ0) is 21.3. The molecule has 1 atom stereocenters. The zero-order valence-corrected chi connectivity index (χ0v) is 22.1. The molecule has 0 aromatic heterocycles. The third-order valence-electron chi connectivity index (χ3n) is 4.32. The van der Waals surface area contributed by atoms with Gasteiger partial charge in [0.05, 0.1) is 0 Å². The summed E-state index contributed by atoms with van der Waals surface area (Å²) in [6.45, 7) is 3.75. The van der Waals surface area contributed by atoms with Crippen LogP contribution in [0.1, 0.15) is 16.7 Å². The zero-order valence-electron chi connectivity index (χ0n) is 16.9. The molecule has 0 bridgehead atoms. The van der Waals surface area contributed by atoms with E-state index in [-0.39, 0.29) is 0 Å². The number of benzene rings is 3. The van der Waals surface area contributed by atoms with Gasteiger partial charge < -0.3 is 0 Å². The molecule has 0 N–H and O–H groups in total. The molecule has 3 nitrogen and oxygen atoms in total. The second-order valence-corrected chi connectivity index (χ2v) is 20.6. The minimum atomic E-state index is -2.27. The van der Waals surface area contributed by atoms with E-state index in [1.807, 2.05) is 54.6 Å². The van der Waals surface area contributed by atoms with Crippen molar-refractivity contribution in [3.63, 3.8) is 0 Å². The van der Waals surface area contributed by atoms with E-state index < -0.39 is 11.7 Å². The van der Waals surface area contributed by atoms with Crippen LogP contribution in [0, 0.1) is 0 Å². The van der Waals surface area contributed by atoms with E-state index in [9.17, 15) is 0 Å². The van der Waals surface area contributed by atoms with E-state index in [0.29, 0.717) is 25.7 Å². The average Bonchev–Trinajstić information content (AvgIpc) is 2.77. The Labute approximate surface area is 194 Å². The standard InChI is InChI=1S/C23H26O3P2Se2/c1-27(29,24-17-21-11-5-2-6-12-21)20-28(30,25-18-22-13-7-3-8-14-22)26-19-23-15-9-4-10-16-23/h2-16H,17-20H2,1H3. The molecule has 0 radical (unpaired) electrons. The van der Waals surface area contributed by atoms with Crippen molar-refractivity contribution in [1.82, 2.24) is 0 Å². The van der Waals surface area contributed by atoms with Crippen LogP contribution >= 0.6 is 11.7 Å². The van der Waals surface area contributed by atoms with Crippen molar-refractivity contribution in [3.8, 4) is 0 Å². The molecule has 158 valence electrons. The molecule has 0 aliphatic rings. The van der Waals surface area contributed by atoms with E-state index in [1.165, 1.54) is 5.56 Å². The summed E-state index contributed by atoms with van der Waals surface area (Å²) in [5, 5.41) is 0. The van der Waals surface area contributed by atoms with Crippen LogP contribution in [0.4, 0.5) is 0 Å². The summed E-state index contributed by atoms with van der Waals surface area (Å²) in [5.74, 6) is -1.56. The maximum absolute atomic E-state index is 6.39. The fraction of sp³-hybridized carbons (Fsp3) is 0.217. The molecule has 3 rings (SSSR count). The third-order valence-corrected chi connectivity index (χ3v) is 15.8. The predicted molar refractivity (Wildman–Crippen MR) is 130 cm³/mol. The van der Waals surface area contributed by atoms with Crippen LogP contribution in [0.25, 0.3) is 0 Å². The van der Waals surface area contributed by atoms with Gasteiger partial charge in [-0.1, -0.05) is 0 Å². The third kappa shape index (κ3) is 8.52. The number of hydrogen-bond donors (Lipinski definition) is 0. The summed E-state index contributed by atoms with van der Waals surface area (Å²) in [5.41, 5.74) is 1.60. The Morgan fingerprint density at radius 2 is 0.900 bits per heavy atom. The van der Waals surface area contributed by atoms with E-state index in [2.05, 4.69) is 73.3 Å². The van der Waals surface area contributed by atoms with Crippen molar-refractivity contribution in [2.24, 2.45) is 0 Å². The molecular formula is C23H26O3P2Se2. The monoisotopic (exact) mass is 572 g/mol. The summed E-state index contributed by atoms with van der Waals surface area (Å²) >= 11 is 6.59. The van der Waals surface area contributed by atoms with Crippen LogP contribution < -0.4 is 0 Å². The van der Waals surface area contributed by atoms with Gasteiger partial charge in [-0.25, -0.2) is 0 Å². The van der Waals surface area contributed by atoms with Gasteiger partial charge in [0, 0.05) is 0 Å². The Balaban J connectivity index is 1.68. The molecule has 0 heterocycles. The topological polar surface area (TPSA) is 27.7 Å². The van der Waals surface area contributed by atoms with E-state index in [0.717, 1.165) is 11.1 Å². The van der Waals surface area contributed by atoms with Crippen LogP contribution in [0.2, 0.25) is 0 Å². The van der Waals surface area contributed by atoms with Crippen LogP contribution in [0.3, 0.4) is 0 Å². The van der Waals surface area contributed by atoms with Crippen LogP contribution in [-0.2, 0) is 33.4 Å². The van der Waals surface area contributed by atoms with Gasteiger partial charge in [-0.15, -0.1) is 0 Å². The van der Waals surface area contributed by atoms with Crippen molar-refractivity contribution < 1.29 is 13.6 Å². The molecule has 7 heteroatoms. The molecule has 30 heavy (non-hydrogen) atoms. The van der Waals surface area contributed by atoms with E-state index in [1.54, 1.807) is 0 Å². The molecule has 1 unspecified atom stereocenters. The second-order valence-electron chi connectivity index (χ2n) is 7.04. The average molecular weight is 570 g/mol. The minimum absolute atomic E-state index is 0.509. The molecule has 3 aromatic carbocycles. The molecule has 0 aliphatic heterocycles. The van der Waals surface area contributed by atoms with Crippen molar-refractivity contribution >= 4 is 41.9 Å². The van der Waals surface area contributed by atoms with Crippen molar-refractivity contribution in [3.05, 3.63) is 108 Å².